The maximum Gasteiger partial charge on any atom is 0.136 e. The van der Waals surface area contributed by atoms with Gasteiger partial charge in [0.2, 0.25) is 0 Å². The molecule has 0 unspecified atom stereocenters. The second kappa shape index (κ2) is 6.16. The van der Waals surface area contributed by atoms with Gasteiger partial charge in [0.1, 0.15) is 29.6 Å². The number of hydrogen-bond acceptors (Lipinski definition) is 5. The van der Waals surface area contributed by atoms with Crippen molar-refractivity contribution in [2.75, 3.05) is 7.11 Å². The summed E-state index contributed by atoms with van der Waals surface area (Å²) in [5.74, 6) is 1.78. The summed E-state index contributed by atoms with van der Waals surface area (Å²) in [5, 5.41) is 21.8. The van der Waals surface area contributed by atoms with Crippen LogP contribution in [0.2, 0.25) is 0 Å². The van der Waals surface area contributed by atoms with Crippen molar-refractivity contribution < 1.29 is 19.7 Å². The van der Waals surface area contributed by atoms with Crippen LogP contribution in [0.4, 0.5) is 0 Å². The van der Waals surface area contributed by atoms with Crippen LogP contribution in [0.1, 0.15) is 5.56 Å². The van der Waals surface area contributed by atoms with Crippen LogP contribution < -0.4 is 9.47 Å². The Labute approximate surface area is 161 Å². The molecule has 0 fully saturated rings. The zero-order valence-electron chi connectivity index (χ0n) is 15.1. The third-order valence-corrected chi connectivity index (χ3v) is 5.10. The third-order valence-electron chi connectivity index (χ3n) is 5.10. The first-order valence-corrected chi connectivity index (χ1v) is 8.89. The normalized spacial score (nSPS) is 12.2. The minimum atomic E-state index is 0.178. The number of hydrogen-bond donors (Lipinski definition) is 2. The highest BCUT2D eigenvalue weighted by Gasteiger charge is 2.25. The van der Waals surface area contributed by atoms with E-state index in [1.807, 2.05) is 18.2 Å². The predicted molar refractivity (Wildman–Crippen MR) is 107 cm³/mol. The van der Waals surface area contributed by atoms with Crippen molar-refractivity contribution in [1.82, 2.24) is 4.98 Å². The molecule has 1 aliphatic heterocycles. The topological polar surface area (TPSA) is 71.8 Å². The van der Waals surface area contributed by atoms with Gasteiger partial charge in [0.25, 0.3) is 0 Å². The number of ether oxygens (including phenoxy) is 2. The van der Waals surface area contributed by atoms with Gasteiger partial charge < -0.3 is 19.7 Å². The van der Waals surface area contributed by atoms with Crippen LogP contribution >= 0.6 is 0 Å². The van der Waals surface area contributed by atoms with Gasteiger partial charge in [-0.1, -0.05) is 12.1 Å². The van der Waals surface area contributed by atoms with Crippen LogP contribution in [-0.4, -0.2) is 22.3 Å². The van der Waals surface area contributed by atoms with Crippen molar-refractivity contribution in [3.05, 3.63) is 66.5 Å². The summed E-state index contributed by atoms with van der Waals surface area (Å²) in [6.07, 6.45) is 3.42. The molecule has 3 aromatic carbocycles. The van der Waals surface area contributed by atoms with Crippen molar-refractivity contribution in [3.8, 4) is 45.3 Å². The molecule has 1 aliphatic rings. The molecule has 0 radical (unpaired) electrons. The lowest BCUT2D eigenvalue weighted by molar-refractivity contribution is 0.303. The van der Waals surface area contributed by atoms with Crippen molar-refractivity contribution in [2.45, 2.75) is 6.61 Å². The molecule has 5 rings (SSSR count). The fraction of sp³-hybridized carbons (Fsp3) is 0.0870. The van der Waals surface area contributed by atoms with Crippen molar-refractivity contribution in [2.24, 2.45) is 0 Å². The largest absolute Gasteiger partial charge is 0.508 e. The van der Waals surface area contributed by atoms with Crippen molar-refractivity contribution >= 4 is 10.8 Å². The zero-order valence-corrected chi connectivity index (χ0v) is 15.1. The van der Waals surface area contributed by atoms with Gasteiger partial charge in [0.15, 0.2) is 0 Å². The molecular formula is C23H17NO4. The molecule has 2 heterocycles. The molecule has 5 heteroatoms. The number of rotatable bonds is 2. The van der Waals surface area contributed by atoms with Crippen LogP contribution in [0.15, 0.2) is 60.9 Å². The molecule has 0 saturated heterocycles. The number of benzene rings is 3. The van der Waals surface area contributed by atoms with Gasteiger partial charge in [-0.05, 0) is 52.7 Å². The highest BCUT2D eigenvalue weighted by Crippen LogP contribution is 2.50. The number of nitrogens with zero attached hydrogens (tertiary/aromatic N) is 1. The van der Waals surface area contributed by atoms with Crippen molar-refractivity contribution in [1.29, 1.82) is 0 Å². The molecule has 0 aliphatic carbocycles. The molecule has 0 amide bonds. The third kappa shape index (κ3) is 2.44. The van der Waals surface area contributed by atoms with E-state index < -0.39 is 0 Å². The molecule has 138 valence electrons. The molecule has 5 nitrogen and oxygen atoms in total. The van der Waals surface area contributed by atoms with Gasteiger partial charge in [-0.2, -0.15) is 0 Å². The standard InChI is InChI=1S/C23H17NO4/c1-27-21-6-7-24-11-20(21)22-18-10-16(26)3-2-13(18)9-19-17-5-4-15(25)8-14(17)12-28-23(19)22/h2-11,25-26H,12H2,1H3. The summed E-state index contributed by atoms with van der Waals surface area (Å²) in [6, 6.07) is 14.4. The number of phenolic OH excluding ortho intramolecular Hbond substituents is 2. The van der Waals surface area contributed by atoms with Gasteiger partial charge in [0, 0.05) is 34.6 Å². The molecule has 2 N–H and O–H groups in total. The van der Waals surface area contributed by atoms with E-state index in [0.29, 0.717) is 18.1 Å². The van der Waals surface area contributed by atoms with Gasteiger partial charge in [-0.15, -0.1) is 0 Å². The quantitative estimate of drug-likeness (QED) is 0.525. The molecule has 28 heavy (non-hydrogen) atoms. The Morgan fingerprint density at radius 1 is 0.929 bits per heavy atom. The van der Waals surface area contributed by atoms with E-state index in [1.54, 1.807) is 49.8 Å². The van der Waals surface area contributed by atoms with E-state index in [1.165, 1.54) is 0 Å². The monoisotopic (exact) mass is 371 g/mol. The van der Waals surface area contributed by atoms with E-state index in [9.17, 15) is 10.2 Å². The molecular weight excluding hydrogens is 354 g/mol. The molecule has 0 saturated carbocycles. The van der Waals surface area contributed by atoms with Gasteiger partial charge in [-0.25, -0.2) is 0 Å². The van der Waals surface area contributed by atoms with E-state index >= 15 is 0 Å². The Morgan fingerprint density at radius 3 is 2.61 bits per heavy atom. The van der Waals surface area contributed by atoms with Crippen molar-refractivity contribution in [3.63, 3.8) is 0 Å². The predicted octanol–water partition coefficient (Wildman–Crippen LogP) is 4.88. The fourth-order valence-corrected chi connectivity index (χ4v) is 3.84. The summed E-state index contributed by atoms with van der Waals surface area (Å²) in [6.45, 7) is 0.344. The summed E-state index contributed by atoms with van der Waals surface area (Å²) in [4.78, 5) is 4.27. The average molecular weight is 371 g/mol. The molecule has 0 atom stereocenters. The average Bonchev–Trinajstić information content (AvgIpc) is 2.72. The Morgan fingerprint density at radius 2 is 1.75 bits per heavy atom. The number of fused-ring (bicyclic) bond motifs is 4. The Bertz CT molecular complexity index is 1230. The smallest absolute Gasteiger partial charge is 0.136 e. The van der Waals surface area contributed by atoms with E-state index in [0.717, 1.165) is 38.6 Å². The lowest BCUT2D eigenvalue weighted by atomic mass is 9.88. The highest BCUT2D eigenvalue weighted by molar-refractivity contribution is 6.06. The van der Waals surface area contributed by atoms with E-state index in [2.05, 4.69) is 4.98 Å². The Kier molecular flexibility index (Phi) is 3.62. The molecule has 0 spiro atoms. The summed E-state index contributed by atoms with van der Waals surface area (Å²) >= 11 is 0. The van der Waals surface area contributed by atoms with E-state index in [-0.39, 0.29) is 11.5 Å². The van der Waals surface area contributed by atoms with Crippen LogP contribution in [0, 0.1) is 0 Å². The molecule has 4 aromatic rings. The minimum Gasteiger partial charge on any atom is -0.508 e. The number of phenols is 2. The summed E-state index contributed by atoms with van der Waals surface area (Å²) in [7, 11) is 1.62. The first-order valence-electron chi connectivity index (χ1n) is 8.89. The number of pyridine rings is 1. The van der Waals surface area contributed by atoms with Crippen LogP contribution in [0.25, 0.3) is 33.0 Å². The van der Waals surface area contributed by atoms with Crippen LogP contribution in [-0.2, 0) is 6.61 Å². The first-order chi connectivity index (χ1) is 13.7. The van der Waals surface area contributed by atoms with Crippen LogP contribution in [0.5, 0.6) is 23.0 Å². The maximum atomic E-state index is 10.1. The summed E-state index contributed by atoms with van der Waals surface area (Å²) in [5.41, 5.74) is 4.49. The van der Waals surface area contributed by atoms with Gasteiger partial charge in [-0.3, -0.25) is 4.98 Å². The minimum absolute atomic E-state index is 0.178. The number of methoxy groups -OCH3 is 1. The lowest BCUT2D eigenvalue weighted by Gasteiger charge is -2.25. The second-order valence-corrected chi connectivity index (χ2v) is 6.74. The fourth-order valence-electron chi connectivity index (χ4n) is 3.84. The maximum absolute atomic E-state index is 10.1. The molecule has 0 bridgehead atoms. The second-order valence-electron chi connectivity index (χ2n) is 6.74. The highest BCUT2D eigenvalue weighted by atomic mass is 16.5. The first kappa shape index (κ1) is 16.4. The Balaban J connectivity index is 1.91. The van der Waals surface area contributed by atoms with E-state index in [4.69, 9.17) is 9.47 Å². The SMILES string of the molecule is COc1ccncc1-c1c2c(cc3ccc(O)cc13)-c1ccc(O)cc1CO2. The zero-order chi connectivity index (χ0) is 19.3. The lowest BCUT2D eigenvalue weighted by Crippen LogP contribution is -2.07. The van der Waals surface area contributed by atoms with Crippen LogP contribution in [0.3, 0.4) is 0 Å². The Hall–Kier alpha value is -3.73. The summed E-state index contributed by atoms with van der Waals surface area (Å²) < 4.78 is 11.7. The van der Waals surface area contributed by atoms with Gasteiger partial charge in [0.05, 0.1) is 7.11 Å². The number of aromatic nitrogens is 1. The van der Waals surface area contributed by atoms with Gasteiger partial charge >= 0.3 is 0 Å². The number of aromatic hydroxyl groups is 2. The molecule has 1 aromatic heterocycles.